The van der Waals surface area contributed by atoms with Crippen molar-refractivity contribution in [2.24, 2.45) is 0 Å². The van der Waals surface area contributed by atoms with Crippen LogP contribution >= 0.6 is 22.7 Å². The fraction of sp³-hybridized carbons (Fsp3) is 0.286. The molecule has 3 rings (SSSR count). The number of fused-ring (bicyclic) bond motifs is 1. The summed E-state index contributed by atoms with van der Waals surface area (Å²) in [4.78, 5) is 8.83. The Labute approximate surface area is 119 Å². The van der Waals surface area contributed by atoms with E-state index in [2.05, 4.69) is 28.3 Å². The minimum atomic E-state index is 0.0923. The normalized spacial score (nSPS) is 12.7. The first-order valence-corrected chi connectivity index (χ1v) is 7.88. The van der Waals surface area contributed by atoms with Crippen molar-refractivity contribution in [3.8, 4) is 5.75 Å². The molecule has 19 heavy (non-hydrogen) atoms. The lowest BCUT2D eigenvalue weighted by Crippen LogP contribution is -2.15. The van der Waals surface area contributed by atoms with Gasteiger partial charge in [-0.15, -0.1) is 22.7 Å². The summed E-state index contributed by atoms with van der Waals surface area (Å²) in [6.07, 6.45) is 0.915. The maximum Gasteiger partial charge on any atom is 0.146 e. The maximum absolute atomic E-state index is 6.02. The molecular formula is C14H14N2OS2. The SMILES string of the molecule is Cc1nc2c(OC(C)Cc3cscn3)cccc2s1. The molecule has 0 aliphatic carbocycles. The Morgan fingerprint density at radius 3 is 3.05 bits per heavy atom. The zero-order valence-corrected chi connectivity index (χ0v) is 12.4. The number of benzene rings is 1. The van der Waals surface area contributed by atoms with Crippen LogP contribution in [0.15, 0.2) is 29.1 Å². The lowest BCUT2D eigenvalue weighted by molar-refractivity contribution is 0.223. The van der Waals surface area contributed by atoms with Crippen LogP contribution in [0.4, 0.5) is 0 Å². The first-order chi connectivity index (χ1) is 9.22. The third kappa shape index (κ3) is 2.77. The summed E-state index contributed by atoms with van der Waals surface area (Å²) in [7, 11) is 0. The van der Waals surface area contributed by atoms with Crippen molar-refractivity contribution < 1.29 is 4.74 Å². The van der Waals surface area contributed by atoms with Gasteiger partial charge in [-0.1, -0.05) is 6.07 Å². The summed E-state index contributed by atoms with van der Waals surface area (Å²) < 4.78 is 7.20. The van der Waals surface area contributed by atoms with Gasteiger partial charge in [0.1, 0.15) is 17.4 Å². The number of aromatic nitrogens is 2. The molecular weight excluding hydrogens is 276 g/mol. The first-order valence-electron chi connectivity index (χ1n) is 6.12. The second-order valence-electron chi connectivity index (χ2n) is 4.45. The van der Waals surface area contributed by atoms with Gasteiger partial charge in [-0.2, -0.15) is 0 Å². The van der Waals surface area contributed by atoms with Crippen LogP contribution in [0.5, 0.6) is 5.75 Å². The highest BCUT2D eigenvalue weighted by molar-refractivity contribution is 7.18. The molecule has 0 bridgehead atoms. The topological polar surface area (TPSA) is 35.0 Å². The standard InChI is InChI=1S/C14H14N2OS2/c1-9(6-11-7-18-8-15-11)17-12-4-3-5-13-14(12)16-10(2)19-13/h3-5,7-9H,6H2,1-2H3. The number of hydrogen-bond acceptors (Lipinski definition) is 5. The number of rotatable bonds is 4. The van der Waals surface area contributed by atoms with Crippen LogP contribution in [0.1, 0.15) is 17.6 Å². The molecule has 0 amide bonds. The molecule has 98 valence electrons. The van der Waals surface area contributed by atoms with E-state index >= 15 is 0 Å². The van der Waals surface area contributed by atoms with Gasteiger partial charge in [0.05, 0.1) is 20.9 Å². The van der Waals surface area contributed by atoms with Gasteiger partial charge in [-0.3, -0.25) is 0 Å². The van der Waals surface area contributed by atoms with Gasteiger partial charge in [-0.05, 0) is 26.0 Å². The van der Waals surface area contributed by atoms with Crippen LogP contribution in [-0.2, 0) is 6.42 Å². The molecule has 0 aliphatic heterocycles. The monoisotopic (exact) mass is 290 g/mol. The molecule has 5 heteroatoms. The molecule has 2 aromatic heterocycles. The van der Waals surface area contributed by atoms with Crippen LogP contribution in [0.25, 0.3) is 10.2 Å². The molecule has 3 aromatic rings. The van der Waals surface area contributed by atoms with Crippen LogP contribution in [0.3, 0.4) is 0 Å². The quantitative estimate of drug-likeness (QED) is 0.726. The Hall–Kier alpha value is -1.46. The molecule has 0 spiro atoms. The van der Waals surface area contributed by atoms with Crippen molar-refractivity contribution in [1.29, 1.82) is 0 Å². The Morgan fingerprint density at radius 1 is 1.37 bits per heavy atom. The third-order valence-corrected chi connectivity index (χ3v) is 4.37. The van der Waals surface area contributed by atoms with Gasteiger partial charge in [0, 0.05) is 11.8 Å². The van der Waals surface area contributed by atoms with Crippen molar-refractivity contribution in [2.45, 2.75) is 26.4 Å². The molecule has 0 aliphatic rings. The van der Waals surface area contributed by atoms with Crippen LogP contribution in [-0.4, -0.2) is 16.1 Å². The van der Waals surface area contributed by atoms with E-state index in [1.165, 1.54) is 4.70 Å². The number of thiazole rings is 2. The predicted octanol–water partition coefficient (Wildman–Crippen LogP) is 4.07. The van der Waals surface area contributed by atoms with Crippen LogP contribution in [0, 0.1) is 6.92 Å². The fourth-order valence-corrected chi connectivity index (χ4v) is 3.44. The van der Waals surface area contributed by atoms with Gasteiger partial charge in [0.2, 0.25) is 0 Å². The summed E-state index contributed by atoms with van der Waals surface area (Å²) in [6, 6.07) is 6.09. The maximum atomic E-state index is 6.02. The van der Waals surface area contributed by atoms with Crippen molar-refractivity contribution in [2.75, 3.05) is 0 Å². The third-order valence-electron chi connectivity index (χ3n) is 2.80. The second kappa shape index (κ2) is 5.27. The summed E-state index contributed by atoms with van der Waals surface area (Å²) in [6.45, 7) is 4.09. The lowest BCUT2D eigenvalue weighted by atomic mass is 10.2. The molecule has 1 unspecified atom stereocenters. The van der Waals surface area contributed by atoms with Gasteiger partial charge in [-0.25, -0.2) is 9.97 Å². The molecule has 0 radical (unpaired) electrons. The summed E-state index contributed by atoms with van der Waals surface area (Å²) >= 11 is 3.31. The van der Waals surface area contributed by atoms with Gasteiger partial charge in [0.15, 0.2) is 0 Å². The Bertz CT molecular complexity index is 676. The average Bonchev–Trinajstić information content (AvgIpc) is 2.97. The number of nitrogens with zero attached hydrogens (tertiary/aromatic N) is 2. The van der Waals surface area contributed by atoms with Gasteiger partial charge >= 0.3 is 0 Å². The van der Waals surface area contributed by atoms with E-state index in [1.807, 2.05) is 24.6 Å². The Kier molecular flexibility index (Phi) is 3.48. The molecule has 0 fully saturated rings. The van der Waals surface area contributed by atoms with Crippen LogP contribution < -0.4 is 4.74 Å². The number of hydrogen-bond donors (Lipinski definition) is 0. The van der Waals surface area contributed by atoms with Crippen LogP contribution in [0.2, 0.25) is 0 Å². The molecule has 1 atom stereocenters. The number of para-hydroxylation sites is 1. The zero-order chi connectivity index (χ0) is 13.2. The average molecular weight is 290 g/mol. The lowest BCUT2D eigenvalue weighted by Gasteiger charge is -2.13. The van der Waals surface area contributed by atoms with E-state index in [0.717, 1.165) is 28.4 Å². The van der Waals surface area contributed by atoms with E-state index in [-0.39, 0.29) is 6.10 Å². The first kappa shape index (κ1) is 12.6. The second-order valence-corrected chi connectivity index (χ2v) is 6.40. The van der Waals surface area contributed by atoms with Gasteiger partial charge in [0.25, 0.3) is 0 Å². The van der Waals surface area contributed by atoms with E-state index in [4.69, 9.17) is 4.74 Å². The smallest absolute Gasteiger partial charge is 0.146 e. The largest absolute Gasteiger partial charge is 0.488 e. The van der Waals surface area contributed by atoms with Crippen molar-refractivity contribution >= 4 is 32.9 Å². The Morgan fingerprint density at radius 2 is 2.26 bits per heavy atom. The molecule has 3 nitrogen and oxygen atoms in total. The molecule has 2 heterocycles. The van der Waals surface area contributed by atoms with E-state index in [0.29, 0.717) is 0 Å². The van der Waals surface area contributed by atoms with Crippen molar-refractivity contribution in [3.05, 3.63) is 39.8 Å². The molecule has 0 saturated carbocycles. The highest BCUT2D eigenvalue weighted by Crippen LogP contribution is 2.30. The molecule has 0 saturated heterocycles. The number of aryl methyl sites for hydroxylation is 1. The van der Waals surface area contributed by atoms with Gasteiger partial charge < -0.3 is 4.74 Å². The summed E-state index contributed by atoms with van der Waals surface area (Å²) in [5, 5.41) is 3.13. The predicted molar refractivity (Wildman–Crippen MR) is 80.3 cm³/mol. The highest BCUT2D eigenvalue weighted by atomic mass is 32.1. The van der Waals surface area contributed by atoms with E-state index < -0.39 is 0 Å². The minimum absolute atomic E-state index is 0.0923. The summed E-state index contributed by atoms with van der Waals surface area (Å²) in [5.41, 5.74) is 3.90. The van der Waals surface area contributed by atoms with Crippen molar-refractivity contribution in [1.82, 2.24) is 9.97 Å². The van der Waals surface area contributed by atoms with E-state index in [9.17, 15) is 0 Å². The van der Waals surface area contributed by atoms with E-state index in [1.54, 1.807) is 22.7 Å². The fourth-order valence-electron chi connectivity index (χ4n) is 2.02. The summed E-state index contributed by atoms with van der Waals surface area (Å²) in [5.74, 6) is 0.865. The molecule has 1 aromatic carbocycles. The molecule has 0 N–H and O–H groups in total. The number of ether oxygens (including phenoxy) is 1. The van der Waals surface area contributed by atoms with Crippen molar-refractivity contribution in [3.63, 3.8) is 0 Å². The highest BCUT2D eigenvalue weighted by Gasteiger charge is 2.11. The Balaban J connectivity index is 1.81. The minimum Gasteiger partial charge on any atom is -0.488 e. The zero-order valence-electron chi connectivity index (χ0n) is 10.8.